The summed E-state index contributed by atoms with van der Waals surface area (Å²) in [5.74, 6) is 2.01. The molecule has 3 N–H and O–H groups in total. The number of hydrogen-bond acceptors (Lipinski definition) is 7. The maximum atomic E-state index is 10.2. The van der Waals surface area contributed by atoms with Crippen LogP contribution in [0.1, 0.15) is 38.8 Å². The third-order valence-electron chi connectivity index (χ3n) is 5.14. The fraction of sp³-hybridized carbons (Fsp3) is 0.269. The second kappa shape index (κ2) is 10.3. The van der Waals surface area contributed by atoms with E-state index in [1.54, 1.807) is 26.2 Å². The summed E-state index contributed by atoms with van der Waals surface area (Å²) in [4.78, 5) is 10.3. The van der Waals surface area contributed by atoms with Crippen molar-refractivity contribution in [3.8, 4) is 22.9 Å². The van der Waals surface area contributed by atoms with Crippen LogP contribution in [0.5, 0.6) is 11.6 Å². The van der Waals surface area contributed by atoms with Crippen LogP contribution >= 0.6 is 11.9 Å². The molecule has 7 nitrogen and oxygen atoms in total. The molecule has 0 aliphatic carbocycles. The number of anilines is 1. The molecule has 34 heavy (non-hydrogen) atoms. The Bertz CT molecular complexity index is 1220. The van der Waals surface area contributed by atoms with Crippen molar-refractivity contribution in [3.63, 3.8) is 0 Å². The van der Waals surface area contributed by atoms with Gasteiger partial charge in [-0.05, 0) is 61.4 Å². The van der Waals surface area contributed by atoms with E-state index in [1.807, 2.05) is 36.4 Å². The largest absolute Gasteiger partial charge is 0.439 e. The fourth-order valence-corrected chi connectivity index (χ4v) is 4.02. The van der Waals surface area contributed by atoms with Gasteiger partial charge < -0.3 is 9.84 Å². The first-order chi connectivity index (χ1) is 16.3. The van der Waals surface area contributed by atoms with Crippen molar-refractivity contribution in [1.82, 2.24) is 20.2 Å². The lowest BCUT2D eigenvalue weighted by Crippen LogP contribution is -2.14. The van der Waals surface area contributed by atoms with Gasteiger partial charge in [-0.3, -0.25) is 9.82 Å². The van der Waals surface area contributed by atoms with E-state index in [1.165, 1.54) is 17.5 Å². The molecule has 8 heteroatoms. The van der Waals surface area contributed by atoms with Crippen molar-refractivity contribution < 1.29 is 9.84 Å². The van der Waals surface area contributed by atoms with E-state index in [2.05, 4.69) is 52.0 Å². The number of rotatable bonds is 9. The van der Waals surface area contributed by atoms with Crippen molar-refractivity contribution in [1.29, 1.82) is 0 Å². The van der Waals surface area contributed by atoms with Crippen LogP contribution in [0.2, 0.25) is 0 Å². The van der Waals surface area contributed by atoms with Gasteiger partial charge in [0.1, 0.15) is 5.75 Å². The molecule has 0 fully saturated rings. The maximum absolute atomic E-state index is 10.2. The summed E-state index contributed by atoms with van der Waals surface area (Å²) < 4.78 is 9.30. The minimum Gasteiger partial charge on any atom is -0.439 e. The molecule has 0 bridgehead atoms. The summed E-state index contributed by atoms with van der Waals surface area (Å²) in [6, 6.07) is 17.5. The summed E-state index contributed by atoms with van der Waals surface area (Å²) in [5, 5.41) is 17.0. The van der Waals surface area contributed by atoms with Crippen molar-refractivity contribution in [2.75, 3.05) is 4.72 Å². The number of aliphatic hydroxyl groups is 1. The molecule has 2 heterocycles. The number of aromatic nitrogens is 4. The topological polar surface area (TPSA) is 96.0 Å². The van der Waals surface area contributed by atoms with Gasteiger partial charge in [0.25, 0.3) is 0 Å². The third-order valence-corrected chi connectivity index (χ3v) is 5.88. The van der Waals surface area contributed by atoms with Crippen molar-refractivity contribution >= 4 is 17.9 Å². The highest BCUT2D eigenvalue weighted by Crippen LogP contribution is 2.31. The fourth-order valence-electron chi connectivity index (χ4n) is 3.50. The van der Waals surface area contributed by atoms with Gasteiger partial charge in [0.05, 0.1) is 22.4 Å². The van der Waals surface area contributed by atoms with Crippen molar-refractivity contribution in [3.05, 3.63) is 78.1 Å². The minimum absolute atomic E-state index is 0.427. The highest BCUT2D eigenvalue weighted by Gasteiger charge is 2.16. The Hall–Kier alpha value is -3.36. The Balaban J connectivity index is 1.67. The van der Waals surface area contributed by atoms with Crippen LogP contribution in [-0.2, 0) is 12.0 Å². The van der Waals surface area contributed by atoms with Crippen LogP contribution < -0.4 is 9.46 Å². The van der Waals surface area contributed by atoms with Crippen LogP contribution in [0.3, 0.4) is 0 Å². The van der Waals surface area contributed by atoms with E-state index in [0.717, 1.165) is 28.1 Å². The smallest absolute Gasteiger partial charge is 0.237 e. The van der Waals surface area contributed by atoms with E-state index in [4.69, 9.17) is 9.72 Å². The van der Waals surface area contributed by atoms with Gasteiger partial charge in [0, 0.05) is 17.8 Å². The molecule has 176 valence electrons. The summed E-state index contributed by atoms with van der Waals surface area (Å²) in [6.07, 6.45) is 4.46. The molecule has 0 saturated heterocycles. The molecule has 0 unspecified atom stereocenters. The van der Waals surface area contributed by atoms with Gasteiger partial charge in [0.2, 0.25) is 11.8 Å². The molecular formula is C26H29N5O2S. The summed E-state index contributed by atoms with van der Waals surface area (Å²) >= 11 is 1.37. The molecular weight excluding hydrogens is 446 g/mol. The number of aromatic amines is 1. The van der Waals surface area contributed by atoms with Gasteiger partial charge in [0.15, 0.2) is 0 Å². The van der Waals surface area contributed by atoms with Crippen LogP contribution in [0, 0.1) is 5.92 Å². The second-order valence-corrected chi connectivity index (χ2v) is 9.87. The predicted octanol–water partition coefficient (Wildman–Crippen LogP) is 6.20. The van der Waals surface area contributed by atoms with E-state index in [-0.39, 0.29) is 0 Å². The Kier molecular flexibility index (Phi) is 7.19. The Morgan fingerprint density at radius 1 is 1.09 bits per heavy atom. The number of nitrogens with one attached hydrogen (secondary N) is 2. The molecule has 0 atom stereocenters. The molecule has 0 amide bonds. The highest BCUT2D eigenvalue weighted by molar-refractivity contribution is 8.00. The number of H-pyrrole nitrogens is 1. The van der Waals surface area contributed by atoms with Crippen LogP contribution in [0.25, 0.3) is 11.3 Å². The van der Waals surface area contributed by atoms with Crippen molar-refractivity contribution in [2.24, 2.45) is 5.92 Å². The lowest BCUT2D eigenvalue weighted by Gasteiger charge is -2.18. The number of benzene rings is 2. The first-order valence-corrected chi connectivity index (χ1v) is 12.0. The lowest BCUT2D eigenvalue weighted by atomic mass is 9.96. The summed E-state index contributed by atoms with van der Waals surface area (Å²) in [5.41, 5.74) is 2.96. The molecule has 4 rings (SSSR count). The lowest BCUT2D eigenvalue weighted by molar-refractivity contribution is 0.0785. The molecule has 0 aliphatic rings. The zero-order valence-corrected chi connectivity index (χ0v) is 20.6. The average Bonchev–Trinajstić information content (AvgIpc) is 3.31. The summed E-state index contributed by atoms with van der Waals surface area (Å²) in [7, 11) is 0. The molecule has 0 radical (unpaired) electrons. The number of nitrogens with zero attached hydrogens (tertiary/aromatic N) is 3. The first-order valence-electron chi connectivity index (χ1n) is 11.2. The van der Waals surface area contributed by atoms with Gasteiger partial charge in [-0.25, -0.2) is 4.98 Å². The van der Waals surface area contributed by atoms with E-state index in [9.17, 15) is 5.11 Å². The van der Waals surface area contributed by atoms with Gasteiger partial charge in [-0.2, -0.15) is 10.1 Å². The van der Waals surface area contributed by atoms with Gasteiger partial charge in [-0.15, -0.1) is 0 Å². The van der Waals surface area contributed by atoms with Crippen LogP contribution in [-0.4, -0.2) is 25.3 Å². The predicted molar refractivity (Wildman–Crippen MR) is 136 cm³/mol. The average molecular weight is 476 g/mol. The quantitative estimate of drug-likeness (QED) is 0.248. The Labute approximate surface area is 204 Å². The Morgan fingerprint density at radius 3 is 2.53 bits per heavy atom. The molecule has 2 aromatic heterocycles. The molecule has 0 saturated carbocycles. The van der Waals surface area contributed by atoms with Crippen molar-refractivity contribution in [2.45, 2.75) is 44.6 Å². The second-order valence-electron chi connectivity index (χ2n) is 8.99. The van der Waals surface area contributed by atoms with E-state index in [0.29, 0.717) is 23.5 Å². The zero-order valence-electron chi connectivity index (χ0n) is 19.7. The number of hydrogen-bond donors (Lipinski definition) is 3. The molecule has 4 aromatic rings. The molecule has 0 spiro atoms. The first kappa shape index (κ1) is 23.8. The van der Waals surface area contributed by atoms with E-state index < -0.39 is 5.60 Å². The zero-order chi connectivity index (χ0) is 24.1. The van der Waals surface area contributed by atoms with Gasteiger partial charge in [-0.1, -0.05) is 50.2 Å². The minimum atomic E-state index is -0.915. The highest BCUT2D eigenvalue weighted by atomic mass is 32.2. The molecule has 2 aromatic carbocycles. The monoisotopic (exact) mass is 475 g/mol. The van der Waals surface area contributed by atoms with E-state index >= 15 is 0 Å². The van der Waals surface area contributed by atoms with Crippen LogP contribution in [0.4, 0.5) is 5.95 Å². The number of ether oxygens (including phenoxy) is 1. The third kappa shape index (κ3) is 6.15. The van der Waals surface area contributed by atoms with Crippen LogP contribution in [0.15, 0.2) is 71.9 Å². The van der Waals surface area contributed by atoms with Gasteiger partial charge >= 0.3 is 0 Å². The normalized spacial score (nSPS) is 11.6. The summed E-state index contributed by atoms with van der Waals surface area (Å²) in [6.45, 7) is 7.92. The molecule has 0 aliphatic heterocycles. The standard InChI is InChI=1S/C26H29N5O2S/c1-17(2)13-18-7-5-6-8-22(18)23-14-24(30-25(29-23)31-34-21-15-27-28-16-21)33-20-11-9-19(10-12-20)26(3,4)32/h5-12,14-17,32H,13H2,1-4H3,(H,27,28)(H,29,30,31). The SMILES string of the molecule is CC(C)Cc1ccccc1-c1cc(Oc2ccc(C(C)(C)O)cc2)nc(NSc2cn[nH]c2)n1. The maximum Gasteiger partial charge on any atom is 0.237 e. The Morgan fingerprint density at radius 2 is 1.85 bits per heavy atom.